The lowest BCUT2D eigenvalue weighted by molar-refractivity contribution is -0.122. The molecule has 1 aliphatic heterocycles. The van der Waals surface area contributed by atoms with E-state index in [0.717, 1.165) is 18.7 Å². The molecule has 1 aliphatic carbocycles. The van der Waals surface area contributed by atoms with Crippen LogP contribution in [-0.4, -0.2) is 18.5 Å². The van der Waals surface area contributed by atoms with Gasteiger partial charge in [0.1, 0.15) is 6.04 Å². The van der Waals surface area contributed by atoms with Gasteiger partial charge in [-0.2, -0.15) is 0 Å². The summed E-state index contributed by atoms with van der Waals surface area (Å²) in [6.45, 7) is 5.34. The minimum Gasteiger partial charge on any atom is -0.373 e. The summed E-state index contributed by atoms with van der Waals surface area (Å²) in [5.41, 5.74) is 2.72. The van der Waals surface area contributed by atoms with Crippen molar-refractivity contribution in [3.8, 4) is 0 Å². The zero-order chi connectivity index (χ0) is 13.5. The van der Waals surface area contributed by atoms with Crippen LogP contribution in [0.1, 0.15) is 32.3 Å². The van der Waals surface area contributed by atoms with E-state index in [1.807, 2.05) is 18.2 Å². The number of rotatable bonds is 4. The molecule has 0 saturated heterocycles. The van der Waals surface area contributed by atoms with E-state index in [1.165, 1.54) is 18.4 Å². The summed E-state index contributed by atoms with van der Waals surface area (Å²) in [6.07, 6.45) is 3.31. The number of nitrogens with one attached hydrogen (secondary N) is 2. The molecule has 1 heterocycles. The molecule has 3 nitrogen and oxygen atoms in total. The van der Waals surface area contributed by atoms with Gasteiger partial charge in [-0.3, -0.25) is 4.79 Å². The molecule has 0 spiro atoms. The van der Waals surface area contributed by atoms with Gasteiger partial charge in [0.05, 0.1) is 0 Å². The summed E-state index contributed by atoms with van der Waals surface area (Å²) >= 11 is 0. The Morgan fingerprint density at radius 1 is 1.42 bits per heavy atom. The average molecular weight is 258 g/mol. The molecule has 1 atom stereocenters. The molecule has 102 valence electrons. The van der Waals surface area contributed by atoms with Crippen molar-refractivity contribution in [2.45, 2.75) is 39.2 Å². The normalized spacial score (nSPS) is 22.8. The van der Waals surface area contributed by atoms with Gasteiger partial charge < -0.3 is 10.6 Å². The first kappa shape index (κ1) is 12.5. The number of benzene rings is 1. The van der Waals surface area contributed by atoms with E-state index < -0.39 is 0 Å². The van der Waals surface area contributed by atoms with E-state index >= 15 is 0 Å². The summed E-state index contributed by atoms with van der Waals surface area (Å²) in [4.78, 5) is 12.2. The highest BCUT2D eigenvalue weighted by Gasteiger charge is 2.45. The van der Waals surface area contributed by atoms with E-state index in [9.17, 15) is 4.79 Å². The van der Waals surface area contributed by atoms with Crippen molar-refractivity contribution >= 4 is 11.6 Å². The smallest absolute Gasteiger partial charge is 0.242 e. The Balaban J connectivity index is 1.56. The van der Waals surface area contributed by atoms with Gasteiger partial charge >= 0.3 is 0 Å². The summed E-state index contributed by atoms with van der Waals surface area (Å²) in [5, 5.41) is 6.45. The van der Waals surface area contributed by atoms with Gasteiger partial charge in [0.15, 0.2) is 0 Å². The number of carbonyl (C=O) groups is 1. The lowest BCUT2D eigenvalue weighted by atomic mass is 9.92. The van der Waals surface area contributed by atoms with Crippen molar-refractivity contribution in [2.24, 2.45) is 11.3 Å². The van der Waals surface area contributed by atoms with Gasteiger partial charge in [-0.25, -0.2) is 0 Å². The van der Waals surface area contributed by atoms with E-state index in [1.54, 1.807) is 0 Å². The maximum absolute atomic E-state index is 12.2. The summed E-state index contributed by atoms with van der Waals surface area (Å²) < 4.78 is 0. The highest BCUT2D eigenvalue weighted by Crippen LogP contribution is 2.51. The van der Waals surface area contributed by atoms with Crippen molar-refractivity contribution in [1.29, 1.82) is 0 Å². The minimum absolute atomic E-state index is 0.0969. The van der Waals surface area contributed by atoms with Gasteiger partial charge in [-0.1, -0.05) is 32.0 Å². The van der Waals surface area contributed by atoms with Gasteiger partial charge in [-0.15, -0.1) is 0 Å². The van der Waals surface area contributed by atoms with Crippen LogP contribution in [0.5, 0.6) is 0 Å². The third-order valence-electron chi connectivity index (χ3n) is 4.82. The fourth-order valence-corrected chi connectivity index (χ4v) is 2.96. The number of carbonyl (C=O) groups excluding carboxylic acids is 1. The quantitative estimate of drug-likeness (QED) is 0.871. The van der Waals surface area contributed by atoms with E-state index in [-0.39, 0.29) is 11.9 Å². The Morgan fingerprint density at radius 3 is 2.79 bits per heavy atom. The molecule has 2 N–H and O–H groups in total. The maximum Gasteiger partial charge on any atom is 0.242 e. The third kappa shape index (κ3) is 2.34. The van der Waals surface area contributed by atoms with Crippen molar-refractivity contribution in [2.75, 3.05) is 11.9 Å². The van der Waals surface area contributed by atoms with Gasteiger partial charge in [0, 0.05) is 18.7 Å². The summed E-state index contributed by atoms with van der Waals surface area (Å²) in [5.74, 6) is 0.796. The molecule has 0 radical (unpaired) electrons. The first-order valence-corrected chi connectivity index (χ1v) is 7.23. The van der Waals surface area contributed by atoms with Gasteiger partial charge in [0.2, 0.25) is 5.91 Å². The first-order chi connectivity index (χ1) is 9.11. The van der Waals surface area contributed by atoms with Crippen LogP contribution >= 0.6 is 0 Å². The van der Waals surface area contributed by atoms with E-state index in [4.69, 9.17) is 0 Å². The van der Waals surface area contributed by atoms with Gasteiger partial charge in [-0.05, 0) is 35.8 Å². The predicted molar refractivity (Wildman–Crippen MR) is 77.1 cm³/mol. The predicted octanol–water partition coefficient (Wildman–Crippen LogP) is 2.58. The summed E-state index contributed by atoms with van der Waals surface area (Å²) in [6, 6.07) is 8.06. The second kappa shape index (κ2) is 4.55. The second-order valence-electron chi connectivity index (χ2n) is 6.29. The molecule has 3 heteroatoms. The maximum atomic E-state index is 12.2. The van der Waals surface area contributed by atoms with Crippen LogP contribution in [0, 0.1) is 11.3 Å². The fraction of sp³-hybridized carbons (Fsp3) is 0.562. The van der Waals surface area contributed by atoms with Crippen molar-refractivity contribution in [3.05, 3.63) is 29.8 Å². The van der Waals surface area contributed by atoms with E-state index in [0.29, 0.717) is 11.3 Å². The first-order valence-electron chi connectivity index (χ1n) is 7.23. The molecule has 1 aromatic carbocycles. The zero-order valence-electron chi connectivity index (χ0n) is 11.7. The SMILES string of the molecule is CC(C)C1(CNC(=O)C2Cc3ccccc3N2)CC1. The third-order valence-corrected chi connectivity index (χ3v) is 4.82. The van der Waals surface area contributed by atoms with Crippen molar-refractivity contribution < 1.29 is 4.79 Å². The minimum atomic E-state index is -0.0969. The number of anilines is 1. The van der Waals surface area contributed by atoms with Crippen LogP contribution in [0.4, 0.5) is 5.69 Å². The molecule has 0 bridgehead atoms. The lowest BCUT2D eigenvalue weighted by Crippen LogP contribution is -2.41. The molecule has 1 saturated carbocycles. The Labute approximate surface area is 114 Å². The topological polar surface area (TPSA) is 41.1 Å². The molecular formula is C16H22N2O. The van der Waals surface area contributed by atoms with Crippen LogP contribution in [-0.2, 0) is 11.2 Å². The largest absolute Gasteiger partial charge is 0.373 e. The molecular weight excluding hydrogens is 236 g/mol. The lowest BCUT2D eigenvalue weighted by Gasteiger charge is -2.21. The monoisotopic (exact) mass is 258 g/mol. The average Bonchev–Trinajstić information content (AvgIpc) is 3.07. The highest BCUT2D eigenvalue weighted by atomic mass is 16.2. The number of hydrogen-bond donors (Lipinski definition) is 2. The molecule has 19 heavy (non-hydrogen) atoms. The van der Waals surface area contributed by atoms with Crippen LogP contribution in [0.3, 0.4) is 0 Å². The number of amides is 1. The molecule has 1 fully saturated rings. The molecule has 0 aromatic heterocycles. The fourth-order valence-electron chi connectivity index (χ4n) is 2.96. The van der Waals surface area contributed by atoms with Gasteiger partial charge in [0.25, 0.3) is 0 Å². The number of fused-ring (bicyclic) bond motifs is 1. The number of hydrogen-bond acceptors (Lipinski definition) is 2. The zero-order valence-corrected chi connectivity index (χ0v) is 11.7. The summed E-state index contributed by atoms with van der Waals surface area (Å²) in [7, 11) is 0. The van der Waals surface area contributed by atoms with E-state index in [2.05, 4.69) is 30.5 Å². The molecule has 1 aromatic rings. The molecule has 1 amide bonds. The van der Waals surface area contributed by atoms with Crippen molar-refractivity contribution in [3.63, 3.8) is 0 Å². The Morgan fingerprint density at radius 2 is 2.16 bits per heavy atom. The van der Waals surface area contributed by atoms with Crippen LogP contribution < -0.4 is 10.6 Å². The van der Waals surface area contributed by atoms with Crippen LogP contribution in [0.25, 0.3) is 0 Å². The number of para-hydroxylation sites is 1. The van der Waals surface area contributed by atoms with Crippen LogP contribution in [0.15, 0.2) is 24.3 Å². The Kier molecular flexibility index (Phi) is 3.00. The molecule has 1 unspecified atom stereocenters. The van der Waals surface area contributed by atoms with Crippen molar-refractivity contribution in [1.82, 2.24) is 5.32 Å². The highest BCUT2D eigenvalue weighted by molar-refractivity contribution is 5.87. The Hall–Kier alpha value is -1.51. The second-order valence-corrected chi connectivity index (χ2v) is 6.29. The van der Waals surface area contributed by atoms with Crippen LogP contribution in [0.2, 0.25) is 0 Å². The molecule has 2 aliphatic rings. The molecule has 3 rings (SSSR count). The Bertz CT molecular complexity index is 466. The standard InChI is InChI=1S/C16H22N2O/c1-11(2)16(7-8-16)10-17-15(19)14-9-12-5-3-4-6-13(12)18-14/h3-6,11,14,18H,7-10H2,1-2H3,(H,17,19).